The minimum absolute atomic E-state index is 0.0660. The zero-order valence-electron chi connectivity index (χ0n) is 19.6. The Hall–Kier alpha value is -3.86. The van der Waals surface area contributed by atoms with Crippen LogP contribution in [0.4, 0.5) is 0 Å². The first-order chi connectivity index (χ1) is 16.8. The second-order valence-corrected chi connectivity index (χ2v) is 10.7. The fourth-order valence-corrected chi connectivity index (χ4v) is 6.07. The van der Waals surface area contributed by atoms with Crippen LogP contribution in [0.1, 0.15) is 16.8 Å². The maximum absolute atomic E-state index is 13.1. The molecular weight excluding hydrogens is 470 g/mol. The van der Waals surface area contributed by atoms with Crippen molar-refractivity contribution in [2.75, 3.05) is 25.7 Å². The van der Waals surface area contributed by atoms with Gasteiger partial charge in [-0.15, -0.1) is 0 Å². The van der Waals surface area contributed by atoms with Crippen molar-refractivity contribution in [1.29, 1.82) is 0 Å². The van der Waals surface area contributed by atoms with Crippen LogP contribution in [-0.4, -0.2) is 65.4 Å². The van der Waals surface area contributed by atoms with Gasteiger partial charge in [-0.25, -0.2) is 13.4 Å². The van der Waals surface area contributed by atoms with Crippen molar-refractivity contribution >= 4 is 26.8 Å². The third-order valence-corrected chi connectivity index (χ3v) is 7.92. The molecule has 0 aliphatic carbocycles. The molecule has 1 fully saturated rings. The summed E-state index contributed by atoms with van der Waals surface area (Å²) in [6.07, 6.45) is 5.84. The van der Waals surface area contributed by atoms with Crippen LogP contribution in [-0.2, 0) is 16.9 Å². The number of fused-ring (bicyclic) bond motifs is 1. The quantitative estimate of drug-likeness (QED) is 0.436. The van der Waals surface area contributed by atoms with Crippen molar-refractivity contribution < 1.29 is 22.7 Å². The van der Waals surface area contributed by atoms with E-state index in [2.05, 4.69) is 15.4 Å². The second-order valence-electron chi connectivity index (χ2n) is 8.52. The molecule has 4 aromatic rings. The lowest BCUT2D eigenvalue weighted by atomic mass is 10.1. The molecule has 5 rings (SSSR count). The topological polar surface area (TPSA) is 117 Å². The van der Waals surface area contributed by atoms with Gasteiger partial charge in [-0.2, -0.15) is 5.10 Å². The predicted molar refractivity (Wildman–Crippen MR) is 131 cm³/mol. The summed E-state index contributed by atoms with van der Waals surface area (Å²) in [5, 5.41) is 7.03. The van der Waals surface area contributed by atoms with Gasteiger partial charge >= 0.3 is 0 Å². The molecule has 1 atom stereocenters. The highest BCUT2D eigenvalue weighted by Gasteiger charge is 2.31. The summed E-state index contributed by atoms with van der Waals surface area (Å²) in [5.41, 5.74) is 4.59. The second kappa shape index (κ2) is 8.73. The fourth-order valence-electron chi connectivity index (χ4n) is 4.40. The number of carbonyl (C=O) groups excluding carboxylic acids is 1. The minimum Gasteiger partial charge on any atom is -0.496 e. The number of aromatic nitrogens is 4. The molecular formula is C24H25N5O5S. The number of imidazole rings is 1. The van der Waals surface area contributed by atoms with Crippen molar-refractivity contribution in [2.45, 2.75) is 12.5 Å². The SMILES string of the molecule is COc1cc(-n2cnc3cc(-c4cnn(C)c4)ccc32)cc(OC)c1C(=O)NC1CCS(=O)(=O)C1. The number of hydrogen-bond acceptors (Lipinski definition) is 7. The number of rotatable bonds is 6. The van der Waals surface area contributed by atoms with Crippen molar-refractivity contribution in [2.24, 2.45) is 7.05 Å². The number of aryl methyl sites for hydroxylation is 1. The molecule has 182 valence electrons. The Labute approximate surface area is 202 Å². The summed E-state index contributed by atoms with van der Waals surface area (Å²) in [4.78, 5) is 17.6. The molecule has 35 heavy (non-hydrogen) atoms. The first-order valence-electron chi connectivity index (χ1n) is 11.0. The van der Waals surface area contributed by atoms with E-state index in [0.29, 0.717) is 23.6 Å². The van der Waals surface area contributed by atoms with E-state index in [-0.39, 0.29) is 17.1 Å². The molecule has 0 spiro atoms. The fraction of sp³-hybridized carbons (Fsp3) is 0.292. The number of nitrogens with zero attached hydrogens (tertiary/aromatic N) is 4. The standard InChI is InChI=1S/C24H25N5O5S/c1-28-12-16(11-26-28)15-4-5-20-19(8-15)25-14-29(20)18-9-21(33-2)23(22(10-18)34-3)24(30)27-17-6-7-35(31,32)13-17/h4-5,8-12,14,17H,6-7,13H2,1-3H3,(H,27,30). The third kappa shape index (κ3) is 4.34. The Bertz CT molecular complexity index is 1510. The monoisotopic (exact) mass is 495 g/mol. The van der Waals surface area contributed by atoms with Gasteiger partial charge in [0.1, 0.15) is 23.4 Å². The smallest absolute Gasteiger partial charge is 0.259 e. The number of ether oxygens (including phenoxy) is 2. The number of hydrogen-bond donors (Lipinski definition) is 1. The first kappa shape index (κ1) is 22.9. The Morgan fingerprint density at radius 3 is 2.46 bits per heavy atom. The lowest BCUT2D eigenvalue weighted by Crippen LogP contribution is -2.36. The van der Waals surface area contributed by atoms with Crippen LogP contribution in [0.3, 0.4) is 0 Å². The van der Waals surface area contributed by atoms with Crippen LogP contribution in [0.5, 0.6) is 11.5 Å². The number of sulfone groups is 1. The van der Waals surface area contributed by atoms with Crippen molar-refractivity contribution in [1.82, 2.24) is 24.6 Å². The number of methoxy groups -OCH3 is 2. The van der Waals surface area contributed by atoms with E-state index in [1.807, 2.05) is 36.0 Å². The van der Waals surface area contributed by atoms with Gasteiger partial charge in [0, 0.05) is 37.0 Å². The van der Waals surface area contributed by atoms with Gasteiger partial charge in [-0.3, -0.25) is 14.0 Å². The van der Waals surface area contributed by atoms with Gasteiger partial charge in [0.2, 0.25) is 0 Å². The molecule has 2 aromatic carbocycles. The van der Waals surface area contributed by atoms with E-state index in [1.54, 1.807) is 29.3 Å². The van der Waals surface area contributed by atoms with E-state index < -0.39 is 21.8 Å². The molecule has 0 radical (unpaired) electrons. The molecule has 0 bridgehead atoms. The summed E-state index contributed by atoms with van der Waals surface area (Å²) in [6.45, 7) is 0. The molecule has 2 aromatic heterocycles. The summed E-state index contributed by atoms with van der Waals surface area (Å²) in [5.74, 6) is 0.187. The molecule has 1 unspecified atom stereocenters. The van der Waals surface area contributed by atoms with E-state index in [1.165, 1.54) is 14.2 Å². The minimum atomic E-state index is -3.12. The highest BCUT2D eigenvalue weighted by molar-refractivity contribution is 7.91. The van der Waals surface area contributed by atoms with Gasteiger partial charge in [0.05, 0.1) is 48.6 Å². The summed E-state index contributed by atoms with van der Waals surface area (Å²) in [6, 6.07) is 9.01. The zero-order valence-corrected chi connectivity index (χ0v) is 20.4. The van der Waals surface area contributed by atoms with Crippen molar-refractivity contribution in [3.63, 3.8) is 0 Å². The Balaban J connectivity index is 1.50. The lowest BCUT2D eigenvalue weighted by molar-refractivity contribution is 0.0935. The maximum Gasteiger partial charge on any atom is 0.259 e. The van der Waals surface area contributed by atoms with E-state index in [0.717, 1.165) is 22.2 Å². The Morgan fingerprint density at radius 1 is 1.11 bits per heavy atom. The summed E-state index contributed by atoms with van der Waals surface area (Å²) < 4.78 is 38.3. The van der Waals surface area contributed by atoms with Gasteiger partial charge in [-0.1, -0.05) is 6.07 Å². The lowest BCUT2D eigenvalue weighted by Gasteiger charge is -2.17. The molecule has 0 saturated carbocycles. The first-order valence-corrected chi connectivity index (χ1v) is 12.8. The van der Waals surface area contributed by atoms with Crippen LogP contribution in [0, 0.1) is 0 Å². The van der Waals surface area contributed by atoms with Crippen molar-refractivity contribution in [3.05, 3.63) is 54.6 Å². The number of carbonyl (C=O) groups is 1. The number of benzene rings is 2. The van der Waals surface area contributed by atoms with Gasteiger partial charge < -0.3 is 14.8 Å². The molecule has 1 N–H and O–H groups in total. The summed E-state index contributed by atoms with van der Waals surface area (Å²) >= 11 is 0. The van der Waals surface area contributed by atoms with E-state index in [9.17, 15) is 13.2 Å². The molecule has 10 nitrogen and oxygen atoms in total. The van der Waals surface area contributed by atoms with Crippen LogP contribution in [0.15, 0.2) is 49.1 Å². The Morgan fingerprint density at radius 2 is 1.86 bits per heavy atom. The van der Waals surface area contributed by atoms with Gasteiger partial charge in [0.15, 0.2) is 9.84 Å². The summed E-state index contributed by atoms with van der Waals surface area (Å²) in [7, 11) is 1.70. The number of amides is 1. The average Bonchev–Trinajstić information content (AvgIpc) is 3.55. The largest absolute Gasteiger partial charge is 0.496 e. The highest BCUT2D eigenvalue weighted by Crippen LogP contribution is 2.34. The van der Waals surface area contributed by atoms with Crippen molar-refractivity contribution in [3.8, 4) is 28.3 Å². The molecule has 1 aliphatic rings. The van der Waals surface area contributed by atoms with Crippen LogP contribution >= 0.6 is 0 Å². The molecule has 1 saturated heterocycles. The molecule has 11 heteroatoms. The third-order valence-electron chi connectivity index (χ3n) is 6.15. The maximum atomic E-state index is 13.1. The molecule has 3 heterocycles. The highest BCUT2D eigenvalue weighted by atomic mass is 32.2. The van der Waals surface area contributed by atoms with Crippen LogP contribution in [0.25, 0.3) is 27.8 Å². The van der Waals surface area contributed by atoms with Gasteiger partial charge in [-0.05, 0) is 24.1 Å². The van der Waals surface area contributed by atoms with Crippen LogP contribution < -0.4 is 14.8 Å². The van der Waals surface area contributed by atoms with E-state index in [4.69, 9.17) is 9.47 Å². The molecule has 1 amide bonds. The van der Waals surface area contributed by atoms with E-state index >= 15 is 0 Å². The normalized spacial score (nSPS) is 16.9. The molecule has 1 aliphatic heterocycles. The zero-order chi connectivity index (χ0) is 24.7. The van der Waals surface area contributed by atoms with Gasteiger partial charge in [0.25, 0.3) is 5.91 Å². The number of nitrogens with one attached hydrogen (secondary N) is 1. The van der Waals surface area contributed by atoms with Crippen LogP contribution in [0.2, 0.25) is 0 Å². The average molecular weight is 496 g/mol. The predicted octanol–water partition coefficient (Wildman–Crippen LogP) is 2.36. The Kier molecular flexibility index (Phi) is 5.72.